The zero-order valence-electron chi connectivity index (χ0n) is 9.29. The molecule has 0 radical (unpaired) electrons. The third-order valence-corrected chi connectivity index (χ3v) is 2.64. The first-order valence-electron chi connectivity index (χ1n) is 4.98. The van der Waals surface area contributed by atoms with Crippen LogP contribution < -0.4 is 5.73 Å². The average molecular weight is 276 g/mol. The van der Waals surface area contributed by atoms with Crippen LogP contribution in [0.1, 0.15) is 11.3 Å². The molecule has 1 aromatic carbocycles. The van der Waals surface area contributed by atoms with Crippen LogP contribution in [-0.4, -0.2) is 9.78 Å². The van der Waals surface area contributed by atoms with E-state index in [-0.39, 0.29) is 5.82 Å². The molecule has 0 spiro atoms. The van der Waals surface area contributed by atoms with Crippen molar-refractivity contribution in [2.45, 2.75) is 13.1 Å². The second-order valence-corrected chi connectivity index (χ2v) is 4.23. The molecular formula is C11H9ClF3N3. The van der Waals surface area contributed by atoms with Crippen LogP contribution in [0.5, 0.6) is 0 Å². The molecule has 0 bridgehead atoms. The van der Waals surface area contributed by atoms with Crippen LogP contribution in [0.3, 0.4) is 0 Å². The van der Waals surface area contributed by atoms with Gasteiger partial charge in [-0.2, -0.15) is 18.3 Å². The lowest BCUT2D eigenvalue weighted by molar-refractivity contribution is -0.142. The van der Waals surface area contributed by atoms with Gasteiger partial charge in [0.15, 0.2) is 0 Å². The fourth-order valence-corrected chi connectivity index (χ4v) is 1.87. The van der Waals surface area contributed by atoms with E-state index < -0.39 is 11.9 Å². The summed E-state index contributed by atoms with van der Waals surface area (Å²) in [6, 6.07) is 5.34. The Kier molecular flexibility index (Phi) is 2.98. The number of rotatable bonds is 1. The summed E-state index contributed by atoms with van der Waals surface area (Å²) in [5.41, 5.74) is 5.30. The number of nitrogen functional groups attached to an aromatic ring is 1. The molecule has 96 valence electrons. The molecule has 1 aromatic heterocycles. The van der Waals surface area contributed by atoms with Gasteiger partial charge in [-0.1, -0.05) is 11.6 Å². The second-order valence-electron chi connectivity index (χ2n) is 3.79. The number of aromatic nitrogens is 2. The van der Waals surface area contributed by atoms with Gasteiger partial charge in [0.25, 0.3) is 0 Å². The van der Waals surface area contributed by atoms with Gasteiger partial charge < -0.3 is 5.73 Å². The third-order valence-electron chi connectivity index (χ3n) is 2.41. The van der Waals surface area contributed by atoms with Crippen molar-refractivity contribution >= 4 is 17.4 Å². The molecular weight excluding hydrogens is 267 g/mol. The van der Waals surface area contributed by atoms with Crippen LogP contribution in [-0.2, 0) is 6.18 Å². The van der Waals surface area contributed by atoms with Gasteiger partial charge in [0.05, 0.1) is 5.69 Å². The Hall–Kier alpha value is -1.69. The summed E-state index contributed by atoms with van der Waals surface area (Å²) in [5.74, 6) is -0.184. The highest BCUT2D eigenvalue weighted by molar-refractivity contribution is 6.30. The number of benzene rings is 1. The van der Waals surface area contributed by atoms with Crippen molar-refractivity contribution in [3.05, 3.63) is 40.5 Å². The van der Waals surface area contributed by atoms with Crippen molar-refractivity contribution < 1.29 is 13.2 Å². The highest BCUT2D eigenvalue weighted by Crippen LogP contribution is 2.33. The SMILES string of the molecule is Cc1cc(Cl)ccc1-n1nc(N)cc1C(F)(F)F. The molecule has 0 fully saturated rings. The van der Waals surface area contributed by atoms with Gasteiger partial charge in [-0.25, -0.2) is 4.68 Å². The lowest BCUT2D eigenvalue weighted by Crippen LogP contribution is -2.13. The third kappa shape index (κ3) is 2.28. The van der Waals surface area contributed by atoms with Crippen LogP contribution in [0.4, 0.5) is 19.0 Å². The van der Waals surface area contributed by atoms with E-state index in [4.69, 9.17) is 17.3 Å². The van der Waals surface area contributed by atoms with Gasteiger partial charge in [0.1, 0.15) is 11.5 Å². The van der Waals surface area contributed by atoms with Gasteiger partial charge in [-0.15, -0.1) is 0 Å². The molecule has 0 saturated carbocycles. The fourth-order valence-electron chi connectivity index (χ4n) is 1.64. The first-order valence-corrected chi connectivity index (χ1v) is 5.36. The standard InChI is InChI=1S/C11H9ClF3N3/c1-6-4-7(12)2-3-8(6)18-9(11(13,14)15)5-10(16)17-18/h2-5H,1H3,(H2,16,17). The van der Waals surface area contributed by atoms with Crippen molar-refractivity contribution in [3.63, 3.8) is 0 Å². The molecule has 2 N–H and O–H groups in total. The maximum atomic E-state index is 12.8. The average Bonchev–Trinajstić information content (AvgIpc) is 2.59. The first kappa shape index (κ1) is 12.8. The van der Waals surface area contributed by atoms with Crippen molar-refractivity contribution in [2.24, 2.45) is 0 Å². The van der Waals surface area contributed by atoms with Gasteiger partial charge in [0.2, 0.25) is 0 Å². The molecule has 0 unspecified atom stereocenters. The summed E-state index contributed by atoms with van der Waals surface area (Å²) < 4.78 is 39.2. The smallest absolute Gasteiger partial charge is 0.382 e. The minimum absolute atomic E-state index is 0.184. The van der Waals surface area contributed by atoms with E-state index in [1.807, 2.05) is 0 Å². The Morgan fingerprint density at radius 1 is 1.28 bits per heavy atom. The summed E-state index contributed by atoms with van der Waals surface area (Å²) in [6.45, 7) is 1.65. The topological polar surface area (TPSA) is 43.8 Å². The molecule has 0 aliphatic carbocycles. The maximum absolute atomic E-state index is 12.8. The van der Waals surface area contributed by atoms with E-state index in [0.29, 0.717) is 16.3 Å². The molecule has 18 heavy (non-hydrogen) atoms. The number of hydrogen-bond donors (Lipinski definition) is 1. The van der Waals surface area contributed by atoms with Crippen molar-refractivity contribution in [2.75, 3.05) is 5.73 Å². The molecule has 0 aliphatic heterocycles. The number of halogens is 4. The van der Waals surface area contributed by atoms with Gasteiger partial charge in [-0.3, -0.25) is 0 Å². The zero-order chi connectivity index (χ0) is 13.5. The van der Waals surface area contributed by atoms with E-state index in [9.17, 15) is 13.2 Å². The van der Waals surface area contributed by atoms with E-state index in [1.54, 1.807) is 13.0 Å². The Morgan fingerprint density at radius 2 is 1.94 bits per heavy atom. The van der Waals surface area contributed by atoms with Crippen LogP contribution in [0.2, 0.25) is 5.02 Å². The zero-order valence-corrected chi connectivity index (χ0v) is 10.0. The van der Waals surface area contributed by atoms with Crippen LogP contribution >= 0.6 is 11.6 Å². The number of nitrogens with zero attached hydrogens (tertiary/aromatic N) is 2. The quantitative estimate of drug-likeness (QED) is 0.866. The Morgan fingerprint density at radius 3 is 2.50 bits per heavy atom. The Balaban J connectivity index is 2.64. The summed E-state index contributed by atoms with van der Waals surface area (Å²) >= 11 is 5.76. The number of aryl methyl sites for hydroxylation is 1. The molecule has 2 rings (SSSR count). The first-order chi connectivity index (χ1) is 8.29. The second kappa shape index (κ2) is 4.20. The summed E-state index contributed by atoms with van der Waals surface area (Å²) in [5, 5.41) is 4.12. The number of anilines is 1. The lowest BCUT2D eigenvalue weighted by atomic mass is 10.2. The van der Waals surface area contributed by atoms with E-state index in [1.165, 1.54) is 12.1 Å². The molecule has 0 saturated heterocycles. The van der Waals surface area contributed by atoms with Crippen molar-refractivity contribution in [1.29, 1.82) is 0 Å². The molecule has 0 amide bonds. The molecule has 1 heterocycles. The lowest BCUT2D eigenvalue weighted by Gasteiger charge is -2.12. The largest absolute Gasteiger partial charge is 0.433 e. The Bertz CT molecular complexity index is 590. The molecule has 3 nitrogen and oxygen atoms in total. The van der Waals surface area contributed by atoms with Crippen LogP contribution in [0, 0.1) is 6.92 Å². The molecule has 0 atom stereocenters. The predicted octanol–water partition coefficient (Wildman–Crippen LogP) is 3.44. The van der Waals surface area contributed by atoms with E-state index in [0.717, 1.165) is 10.7 Å². The molecule has 0 aliphatic rings. The minimum atomic E-state index is -4.52. The van der Waals surface area contributed by atoms with Gasteiger partial charge in [0, 0.05) is 11.1 Å². The van der Waals surface area contributed by atoms with Gasteiger partial charge in [-0.05, 0) is 30.7 Å². The van der Waals surface area contributed by atoms with Gasteiger partial charge >= 0.3 is 6.18 Å². The van der Waals surface area contributed by atoms with E-state index >= 15 is 0 Å². The monoisotopic (exact) mass is 275 g/mol. The maximum Gasteiger partial charge on any atom is 0.433 e. The summed E-state index contributed by atoms with van der Waals surface area (Å²) in [4.78, 5) is 0. The summed E-state index contributed by atoms with van der Waals surface area (Å²) in [6.07, 6.45) is -4.52. The normalized spacial score (nSPS) is 11.8. The predicted molar refractivity (Wildman–Crippen MR) is 62.7 cm³/mol. The molecule has 2 aromatic rings. The van der Waals surface area contributed by atoms with Crippen molar-refractivity contribution in [1.82, 2.24) is 9.78 Å². The highest BCUT2D eigenvalue weighted by Gasteiger charge is 2.36. The highest BCUT2D eigenvalue weighted by atomic mass is 35.5. The number of hydrogen-bond acceptors (Lipinski definition) is 2. The minimum Gasteiger partial charge on any atom is -0.382 e. The number of alkyl halides is 3. The van der Waals surface area contributed by atoms with E-state index in [2.05, 4.69) is 5.10 Å². The van der Waals surface area contributed by atoms with Crippen LogP contribution in [0.25, 0.3) is 5.69 Å². The number of nitrogens with two attached hydrogens (primary N) is 1. The summed E-state index contributed by atoms with van der Waals surface area (Å²) in [7, 11) is 0. The molecule has 7 heteroatoms. The van der Waals surface area contributed by atoms with Crippen molar-refractivity contribution in [3.8, 4) is 5.69 Å². The Labute approximate surface area is 106 Å². The van der Waals surface area contributed by atoms with Crippen LogP contribution in [0.15, 0.2) is 24.3 Å². The fraction of sp³-hybridized carbons (Fsp3) is 0.182.